The third-order valence-corrected chi connectivity index (χ3v) is 7.47. The molecule has 0 bridgehead atoms. The van der Waals surface area contributed by atoms with Gasteiger partial charge >= 0.3 is 5.97 Å². The molecule has 37 heavy (non-hydrogen) atoms. The molecule has 0 radical (unpaired) electrons. The number of nitrogens with zero attached hydrogens (tertiary/aromatic N) is 5. The number of aromatic nitrogens is 4. The first-order valence-corrected chi connectivity index (χ1v) is 12.8. The topological polar surface area (TPSA) is 93.4 Å². The monoisotopic (exact) mass is 499 g/mol. The Kier molecular flexibility index (Phi) is 6.93. The zero-order valence-corrected chi connectivity index (χ0v) is 21.8. The predicted octanol–water partition coefficient (Wildman–Crippen LogP) is 4.76. The average Bonchev–Trinajstić information content (AvgIpc) is 3.16. The van der Waals surface area contributed by atoms with Gasteiger partial charge < -0.3 is 9.84 Å². The van der Waals surface area contributed by atoms with Crippen LogP contribution in [0.2, 0.25) is 0 Å². The maximum Gasteiger partial charge on any atom is 0.304 e. The van der Waals surface area contributed by atoms with Crippen LogP contribution >= 0.6 is 0 Å². The number of hydrogen-bond acceptors (Lipinski definition) is 6. The number of carbonyl (C=O) groups is 1. The Morgan fingerprint density at radius 3 is 2.84 bits per heavy atom. The first-order valence-electron chi connectivity index (χ1n) is 12.8. The Morgan fingerprint density at radius 2 is 2.05 bits per heavy atom. The van der Waals surface area contributed by atoms with Crippen molar-refractivity contribution in [3.63, 3.8) is 0 Å². The molecule has 2 atom stereocenters. The van der Waals surface area contributed by atoms with Crippen LogP contribution in [-0.2, 0) is 24.9 Å². The number of aryl methyl sites for hydroxylation is 3. The highest BCUT2D eigenvalue weighted by molar-refractivity contribution is 5.80. The highest BCUT2D eigenvalue weighted by Gasteiger charge is 2.25. The van der Waals surface area contributed by atoms with E-state index < -0.39 is 5.97 Å². The van der Waals surface area contributed by atoms with Gasteiger partial charge in [-0.2, -0.15) is 0 Å². The quantitative estimate of drug-likeness (QED) is 0.392. The normalized spacial score (nSPS) is 16.7. The number of fused-ring (bicyclic) bond motifs is 2. The van der Waals surface area contributed by atoms with Crippen molar-refractivity contribution in [2.24, 2.45) is 7.05 Å². The van der Waals surface area contributed by atoms with E-state index in [0.717, 1.165) is 65.1 Å². The van der Waals surface area contributed by atoms with E-state index >= 15 is 0 Å². The molecule has 2 aromatic carbocycles. The smallest absolute Gasteiger partial charge is 0.304 e. The van der Waals surface area contributed by atoms with E-state index in [4.69, 9.17) is 4.74 Å². The molecule has 0 amide bonds. The number of ether oxygens (including phenoxy) is 1. The first kappa shape index (κ1) is 24.9. The summed E-state index contributed by atoms with van der Waals surface area (Å²) in [4.78, 5) is 18.7. The molecule has 2 aromatic heterocycles. The molecule has 192 valence electrons. The van der Waals surface area contributed by atoms with Gasteiger partial charge in [0.25, 0.3) is 0 Å². The van der Waals surface area contributed by atoms with E-state index in [1.54, 1.807) is 10.9 Å². The fourth-order valence-electron chi connectivity index (χ4n) is 5.32. The Hall–Kier alpha value is -3.78. The number of aliphatic carboxylic acids is 1. The second kappa shape index (κ2) is 10.3. The van der Waals surface area contributed by atoms with E-state index in [0.29, 0.717) is 0 Å². The fourth-order valence-corrected chi connectivity index (χ4v) is 5.32. The summed E-state index contributed by atoms with van der Waals surface area (Å²) >= 11 is 0. The summed E-state index contributed by atoms with van der Waals surface area (Å²) in [5, 5.41) is 18.3. The van der Waals surface area contributed by atoms with E-state index in [1.807, 2.05) is 38.4 Å². The summed E-state index contributed by atoms with van der Waals surface area (Å²) in [7, 11) is 1.86. The predicted molar refractivity (Wildman–Crippen MR) is 142 cm³/mol. The molecule has 8 heteroatoms. The van der Waals surface area contributed by atoms with Gasteiger partial charge in [-0.1, -0.05) is 36.4 Å². The Morgan fingerprint density at radius 1 is 1.22 bits per heavy atom. The number of carboxylic acids is 1. The minimum atomic E-state index is -0.828. The lowest BCUT2D eigenvalue weighted by Crippen LogP contribution is -2.32. The van der Waals surface area contributed by atoms with Crippen LogP contribution < -0.4 is 4.74 Å². The van der Waals surface area contributed by atoms with Crippen LogP contribution in [0.5, 0.6) is 5.75 Å². The lowest BCUT2D eigenvalue weighted by Gasteiger charge is -2.25. The van der Waals surface area contributed by atoms with E-state index in [9.17, 15) is 9.90 Å². The Balaban J connectivity index is 1.50. The van der Waals surface area contributed by atoms with Gasteiger partial charge in [-0.25, -0.2) is 4.68 Å². The molecular formula is C29H33N5O3. The third kappa shape index (κ3) is 5.06. The molecule has 1 N–H and O–H groups in total. The number of benzene rings is 2. The molecule has 0 saturated heterocycles. The van der Waals surface area contributed by atoms with Crippen molar-refractivity contribution in [1.29, 1.82) is 0 Å². The van der Waals surface area contributed by atoms with E-state index in [2.05, 4.69) is 52.2 Å². The lowest BCUT2D eigenvalue weighted by atomic mass is 9.84. The van der Waals surface area contributed by atoms with Gasteiger partial charge in [-0.15, -0.1) is 5.10 Å². The molecule has 1 aliphatic rings. The van der Waals surface area contributed by atoms with Gasteiger partial charge in [0, 0.05) is 50.6 Å². The van der Waals surface area contributed by atoms with Gasteiger partial charge in [-0.3, -0.25) is 14.7 Å². The largest absolute Gasteiger partial charge is 0.489 e. The van der Waals surface area contributed by atoms with Crippen molar-refractivity contribution in [2.75, 3.05) is 6.54 Å². The number of rotatable bonds is 7. The minimum absolute atomic E-state index is 0.00359. The Labute approximate surface area is 216 Å². The second-order valence-corrected chi connectivity index (χ2v) is 10.00. The molecule has 0 unspecified atom stereocenters. The summed E-state index contributed by atoms with van der Waals surface area (Å²) in [6.07, 6.45) is 4.69. The number of pyridine rings is 1. The zero-order valence-electron chi connectivity index (χ0n) is 21.8. The van der Waals surface area contributed by atoms with Gasteiger partial charge in [0.05, 0.1) is 11.9 Å². The van der Waals surface area contributed by atoms with Crippen molar-refractivity contribution in [3.05, 3.63) is 82.2 Å². The molecule has 0 spiro atoms. The molecule has 4 aromatic rings. The molecule has 1 aliphatic heterocycles. The number of carboxylic acid groups (broad SMARTS) is 1. The Bertz CT molecular complexity index is 1450. The maximum atomic E-state index is 12.0. The molecule has 3 heterocycles. The fraction of sp³-hybridized carbons (Fsp3) is 0.379. The highest BCUT2D eigenvalue weighted by Crippen LogP contribution is 2.35. The molecule has 0 aliphatic carbocycles. The van der Waals surface area contributed by atoms with Gasteiger partial charge in [0.1, 0.15) is 17.4 Å². The third-order valence-electron chi connectivity index (χ3n) is 7.47. The SMILES string of the molecule is CC[C@@H]1CN(Cc2cc([C@H](CC(=O)O)c3ccc4c(nnn4C)c3C)ccc2C)Cc2cnccc2O1. The van der Waals surface area contributed by atoms with Gasteiger partial charge in [0.15, 0.2) is 0 Å². The van der Waals surface area contributed by atoms with Crippen LogP contribution in [0.25, 0.3) is 11.0 Å². The standard InChI is InChI=1S/C29H33N5O3/c1-5-23-17-34(16-22-14-30-11-10-27(22)37-23)15-21-12-20(7-6-18(21)2)25(13-28(35)36)24-8-9-26-29(19(24)3)31-32-33(26)4/h6-12,14,23,25H,5,13,15-17H2,1-4H3,(H,35,36)/t23-,25+/m1/s1. The molecule has 5 rings (SSSR count). The summed E-state index contributed by atoms with van der Waals surface area (Å²) in [6, 6.07) is 12.3. The van der Waals surface area contributed by atoms with Crippen LogP contribution in [0.4, 0.5) is 0 Å². The molecule has 8 nitrogen and oxygen atoms in total. The maximum absolute atomic E-state index is 12.0. The summed E-state index contributed by atoms with van der Waals surface area (Å²) < 4.78 is 8.00. The van der Waals surface area contributed by atoms with Crippen molar-refractivity contribution >= 4 is 17.0 Å². The number of hydrogen-bond donors (Lipinski definition) is 1. The van der Waals surface area contributed by atoms with Crippen LogP contribution in [0, 0.1) is 13.8 Å². The summed E-state index contributed by atoms with van der Waals surface area (Å²) in [5.74, 6) is -0.208. The van der Waals surface area contributed by atoms with Gasteiger partial charge in [0.2, 0.25) is 0 Å². The van der Waals surface area contributed by atoms with Crippen LogP contribution in [0.15, 0.2) is 48.8 Å². The van der Waals surface area contributed by atoms with Crippen molar-refractivity contribution < 1.29 is 14.6 Å². The molecule has 0 fully saturated rings. The zero-order chi connectivity index (χ0) is 26.1. The summed E-state index contributed by atoms with van der Waals surface area (Å²) in [6.45, 7) is 8.58. The summed E-state index contributed by atoms with van der Waals surface area (Å²) in [5.41, 5.74) is 8.14. The van der Waals surface area contributed by atoms with Crippen LogP contribution in [0.3, 0.4) is 0 Å². The minimum Gasteiger partial charge on any atom is -0.489 e. The van der Waals surface area contributed by atoms with Crippen LogP contribution in [-0.4, -0.2) is 48.6 Å². The lowest BCUT2D eigenvalue weighted by molar-refractivity contribution is -0.137. The average molecular weight is 500 g/mol. The van der Waals surface area contributed by atoms with E-state index in [1.165, 1.54) is 11.1 Å². The van der Waals surface area contributed by atoms with Crippen molar-refractivity contribution in [2.45, 2.75) is 58.7 Å². The first-order chi connectivity index (χ1) is 17.8. The molecule has 0 saturated carbocycles. The highest BCUT2D eigenvalue weighted by atomic mass is 16.5. The van der Waals surface area contributed by atoms with Crippen LogP contribution in [0.1, 0.15) is 59.1 Å². The van der Waals surface area contributed by atoms with E-state index in [-0.39, 0.29) is 18.4 Å². The molecular weight excluding hydrogens is 466 g/mol. The van der Waals surface area contributed by atoms with Crippen molar-refractivity contribution in [1.82, 2.24) is 24.9 Å². The van der Waals surface area contributed by atoms with Crippen molar-refractivity contribution in [3.8, 4) is 5.75 Å². The second-order valence-electron chi connectivity index (χ2n) is 10.00. The van der Waals surface area contributed by atoms with Gasteiger partial charge in [-0.05, 0) is 60.2 Å².